The van der Waals surface area contributed by atoms with Crippen LogP contribution in [0.3, 0.4) is 0 Å². The van der Waals surface area contributed by atoms with Gasteiger partial charge in [0, 0.05) is 19.2 Å². The van der Waals surface area contributed by atoms with Gasteiger partial charge in [0.25, 0.3) is 0 Å². The van der Waals surface area contributed by atoms with Crippen LogP contribution >= 0.6 is 11.8 Å². The molecule has 0 bridgehead atoms. The van der Waals surface area contributed by atoms with Crippen molar-refractivity contribution in [2.24, 2.45) is 7.05 Å². The Labute approximate surface area is 164 Å². The molecule has 0 saturated carbocycles. The Bertz CT molecular complexity index is 1020. The van der Waals surface area contributed by atoms with Crippen LogP contribution in [0.25, 0.3) is 0 Å². The standard InChI is InChI=1S/C16H17F3N4O3S2/c1-3-28(25,26)23-7-6-10-8-11(4-5-12(10)23)13(24)9-27-15-21-20-14(22(15)2)16(17,18)19/h4-5,8H,3,6-7,9H2,1-2H3. The average molecular weight is 434 g/mol. The maximum atomic E-state index is 12.7. The maximum Gasteiger partial charge on any atom is 0.451 e. The Balaban J connectivity index is 1.73. The molecule has 0 atom stereocenters. The van der Waals surface area contributed by atoms with Gasteiger partial charge in [-0.1, -0.05) is 11.8 Å². The summed E-state index contributed by atoms with van der Waals surface area (Å²) >= 11 is 0.862. The van der Waals surface area contributed by atoms with Crippen molar-refractivity contribution in [2.45, 2.75) is 24.7 Å². The van der Waals surface area contributed by atoms with Crippen LogP contribution in [0, 0.1) is 0 Å². The number of halogens is 3. The molecule has 0 radical (unpaired) electrons. The molecule has 0 fully saturated rings. The number of thioether (sulfide) groups is 1. The summed E-state index contributed by atoms with van der Waals surface area (Å²) in [5.41, 5.74) is 1.69. The highest BCUT2D eigenvalue weighted by atomic mass is 32.2. The summed E-state index contributed by atoms with van der Waals surface area (Å²) in [6, 6.07) is 4.77. The highest BCUT2D eigenvalue weighted by molar-refractivity contribution is 7.99. The van der Waals surface area contributed by atoms with E-state index in [9.17, 15) is 26.4 Å². The van der Waals surface area contributed by atoms with E-state index in [0.717, 1.165) is 21.9 Å². The second-order valence-electron chi connectivity index (χ2n) is 6.14. The number of carbonyl (C=O) groups excluding carboxylic acids is 1. The van der Waals surface area contributed by atoms with Crippen molar-refractivity contribution in [3.8, 4) is 0 Å². The Morgan fingerprint density at radius 2 is 2.00 bits per heavy atom. The van der Waals surface area contributed by atoms with Crippen LogP contribution in [-0.2, 0) is 29.7 Å². The molecule has 0 amide bonds. The van der Waals surface area contributed by atoms with Gasteiger partial charge in [-0.05, 0) is 37.1 Å². The molecule has 0 spiro atoms. The third-order valence-corrected chi connectivity index (χ3v) is 7.18. The predicted molar refractivity (Wildman–Crippen MR) is 98.0 cm³/mol. The summed E-state index contributed by atoms with van der Waals surface area (Å²) in [4.78, 5) is 12.4. The van der Waals surface area contributed by atoms with Gasteiger partial charge in [-0.2, -0.15) is 13.2 Å². The number of hydrogen-bond acceptors (Lipinski definition) is 6. The number of anilines is 1. The zero-order valence-electron chi connectivity index (χ0n) is 15.0. The molecule has 2 heterocycles. The first-order chi connectivity index (χ1) is 13.0. The van der Waals surface area contributed by atoms with E-state index in [4.69, 9.17) is 0 Å². The Kier molecular flexibility index (Phi) is 5.45. The van der Waals surface area contributed by atoms with Gasteiger partial charge in [0.1, 0.15) is 0 Å². The van der Waals surface area contributed by atoms with Crippen LogP contribution in [0.5, 0.6) is 0 Å². The van der Waals surface area contributed by atoms with E-state index in [0.29, 0.717) is 24.2 Å². The molecule has 28 heavy (non-hydrogen) atoms. The fraction of sp³-hybridized carbons (Fsp3) is 0.438. The fourth-order valence-corrected chi connectivity index (χ4v) is 4.86. The molecular weight excluding hydrogens is 417 g/mol. The largest absolute Gasteiger partial charge is 0.451 e. The second kappa shape index (κ2) is 7.39. The van der Waals surface area contributed by atoms with Crippen molar-refractivity contribution in [1.29, 1.82) is 0 Å². The summed E-state index contributed by atoms with van der Waals surface area (Å²) in [6.07, 6.45) is -4.11. The lowest BCUT2D eigenvalue weighted by Crippen LogP contribution is -2.30. The van der Waals surface area contributed by atoms with Gasteiger partial charge in [0.05, 0.1) is 17.2 Å². The molecule has 0 unspecified atom stereocenters. The van der Waals surface area contributed by atoms with Crippen molar-refractivity contribution in [3.05, 3.63) is 35.2 Å². The van der Waals surface area contributed by atoms with Crippen molar-refractivity contribution < 1.29 is 26.4 Å². The van der Waals surface area contributed by atoms with Gasteiger partial charge >= 0.3 is 6.18 Å². The zero-order valence-corrected chi connectivity index (χ0v) is 16.7. The predicted octanol–water partition coefficient (Wildman–Crippen LogP) is 2.52. The molecule has 1 aliphatic heterocycles. The van der Waals surface area contributed by atoms with E-state index in [2.05, 4.69) is 10.2 Å². The molecule has 1 aromatic carbocycles. The molecule has 1 aromatic heterocycles. The third kappa shape index (κ3) is 3.88. The summed E-state index contributed by atoms with van der Waals surface area (Å²) in [5.74, 6) is -1.54. The SMILES string of the molecule is CCS(=O)(=O)N1CCc2cc(C(=O)CSc3nnc(C(F)(F)F)n3C)ccc21. The summed E-state index contributed by atoms with van der Waals surface area (Å²) in [7, 11) is -2.18. The molecule has 152 valence electrons. The van der Waals surface area contributed by atoms with Gasteiger partial charge in [0.2, 0.25) is 15.8 Å². The lowest BCUT2D eigenvalue weighted by atomic mass is 10.1. The first-order valence-corrected chi connectivity index (χ1v) is 10.9. The minimum absolute atomic E-state index is 0.0120. The van der Waals surface area contributed by atoms with Crippen molar-refractivity contribution in [2.75, 3.05) is 22.4 Å². The third-order valence-electron chi connectivity index (χ3n) is 4.38. The van der Waals surface area contributed by atoms with E-state index < -0.39 is 22.0 Å². The number of benzene rings is 1. The smallest absolute Gasteiger partial charge is 0.302 e. The minimum atomic E-state index is -4.62. The van der Waals surface area contributed by atoms with Gasteiger partial charge < -0.3 is 4.57 Å². The summed E-state index contributed by atoms with van der Waals surface area (Å²) in [6.45, 7) is 1.90. The first kappa shape index (κ1) is 20.6. The molecule has 0 aliphatic carbocycles. The van der Waals surface area contributed by atoms with E-state index in [1.165, 1.54) is 17.4 Å². The van der Waals surface area contributed by atoms with Crippen molar-refractivity contribution in [3.63, 3.8) is 0 Å². The Hall–Kier alpha value is -2.08. The monoisotopic (exact) mass is 434 g/mol. The van der Waals surface area contributed by atoms with Crippen LogP contribution in [0.15, 0.2) is 23.4 Å². The molecule has 2 aromatic rings. The Morgan fingerprint density at radius 1 is 1.29 bits per heavy atom. The van der Waals surface area contributed by atoms with Crippen LogP contribution < -0.4 is 4.31 Å². The molecule has 0 N–H and O–H groups in total. The Morgan fingerprint density at radius 3 is 2.61 bits per heavy atom. The number of hydrogen-bond donors (Lipinski definition) is 0. The van der Waals surface area contributed by atoms with E-state index in [-0.39, 0.29) is 22.4 Å². The van der Waals surface area contributed by atoms with Gasteiger partial charge in [-0.25, -0.2) is 8.42 Å². The van der Waals surface area contributed by atoms with Crippen LogP contribution in [0.4, 0.5) is 18.9 Å². The number of rotatable bonds is 6. The molecule has 1 aliphatic rings. The van der Waals surface area contributed by atoms with Gasteiger partial charge in [-0.3, -0.25) is 9.10 Å². The van der Waals surface area contributed by atoms with Crippen LogP contribution in [0.1, 0.15) is 28.7 Å². The summed E-state index contributed by atoms with van der Waals surface area (Å²) in [5, 5.41) is 6.59. The second-order valence-corrected chi connectivity index (χ2v) is 9.27. The van der Waals surface area contributed by atoms with E-state index in [1.54, 1.807) is 19.1 Å². The van der Waals surface area contributed by atoms with Crippen molar-refractivity contribution >= 4 is 33.3 Å². The molecule has 3 rings (SSSR count). The number of carbonyl (C=O) groups is 1. The number of fused-ring (bicyclic) bond motifs is 1. The van der Waals surface area contributed by atoms with Crippen molar-refractivity contribution in [1.82, 2.24) is 14.8 Å². The highest BCUT2D eigenvalue weighted by Gasteiger charge is 2.37. The zero-order chi connectivity index (χ0) is 20.7. The normalized spacial score (nSPS) is 14.4. The quantitative estimate of drug-likeness (QED) is 0.513. The topological polar surface area (TPSA) is 85.2 Å². The fourth-order valence-electron chi connectivity index (χ4n) is 2.89. The number of Topliss-reactive ketones (excluding diaryl/α,β-unsaturated/α-hetero) is 1. The number of alkyl halides is 3. The summed E-state index contributed by atoms with van der Waals surface area (Å²) < 4.78 is 64.6. The molecule has 0 saturated heterocycles. The van der Waals surface area contributed by atoms with Crippen LogP contribution in [0.2, 0.25) is 0 Å². The molecular formula is C16H17F3N4O3S2. The lowest BCUT2D eigenvalue weighted by molar-refractivity contribution is -0.147. The highest BCUT2D eigenvalue weighted by Crippen LogP contribution is 2.32. The van der Waals surface area contributed by atoms with Gasteiger partial charge in [0.15, 0.2) is 10.9 Å². The number of ketones is 1. The number of sulfonamides is 1. The maximum absolute atomic E-state index is 12.7. The van der Waals surface area contributed by atoms with Gasteiger partial charge in [-0.15, -0.1) is 10.2 Å². The average Bonchev–Trinajstić information content (AvgIpc) is 3.22. The van der Waals surface area contributed by atoms with E-state index >= 15 is 0 Å². The molecule has 7 nitrogen and oxygen atoms in total. The first-order valence-electron chi connectivity index (χ1n) is 8.30. The number of nitrogens with zero attached hydrogens (tertiary/aromatic N) is 4. The number of aromatic nitrogens is 3. The lowest BCUT2D eigenvalue weighted by Gasteiger charge is -2.18. The minimum Gasteiger partial charge on any atom is -0.302 e. The van der Waals surface area contributed by atoms with Crippen LogP contribution in [-0.4, -0.2) is 47.0 Å². The van der Waals surface area contributed by atoms with E-state index in [1.807, 2.05) is 0 Å². The molecule has 12 heteroatoms.